The normalized spacial score (nSPS) is 38.0. The molecule has 2 heterocycles. The molecule has 2 saturated carbocycles. The predicted molar refractivity (Wildman–Crippen MR) is 60.3 cm³/mol. The molecule has 0 N–H and O–H groups in total. The quantitative estimate of drug-likeness (QED) is 0.738. The van der Waals surface area contributed by atoms with E-state index in [0.717, 1.165) is 38.2 Å². The van der Waals surface area contributed by atoms with Gasteiger partial charge in [-0.1, -0.05) is 0 Å². The number of hydrogen-bond acceptors (Lipinski definition) is 4. The Morgan fingerprint density at radius 1 is 1.12 bits per heavy atom. The Bertz CT molecular complexity index is 430. The van der Waals surface area contributed by atoms with Crippen LogP contribution in [0.5, 0.6) is 0 Å². The lowest BCUT2D eigenvalue weighted by molar-refractivity contribution is -0.180. The maximum atomic E-state index is 5.80. The monoisotopic (exact) mass is 232 g/mol. The van der Waals surface area contributed by atoms with Crippen molar-refractivity contribution in [3.05, 3.63) is 24.3 Å². The van der Waals surface area contributed by atoms with E-state index in [1.54, 1.807) is 12.4 Å². The van der Waals surface area contributed by atoms with Gasteiger partial charge in [0.15, 0.2) is 5.79 Å². The summed E-state index contributed by atoms with van der Waals surface area (Å²) in [5.74, 6) is 0.415. The van der Waals surface area contributed by atoms with E-state index in [9.17, 15) is 0 Å². The molecule has 3 fully saturated rings. The minimum atomic E-state index is -0.257. The zero-order valence-electron chi connectivity index (χ0n) is 9.76. The van der Waals surface area contributed by atoms with Crippen molar-refractivity contribution in [1.82, 2.24) is 9.97 Å². The summed E-state index contributed by atoms with van der Waals surface area (Å²) in [6.45, 7) is 1.51. The zero-order valence-corrected chi connectivity index (χ0v) is 9.76. The second-order valence-corrected chi connectivity index (χ2v) is 5.46. The molecule has 4 heteroatoms. The minimum Gasteiger partial charge on any atom is -0.348 e. The number of nitrogens with zero attached hydrogens (tertiary/aromatic N) is 2. The number of rotatable bonds is 1. The standard InChI is InChI=1S/C13H16N2O2/c1-2-13(16-5-6-17-13)8-10-7-12(1,10)11-9-14-3-4-15-11/h3-4,9-10H,1-2,5-8H2. The summed E-state index contributed by atoms with van der Waals surface area (Å²) in [7, 11) is 0. The van der Waals surface area contributed by atoms with Crippen LogP contribution in [0, 0.1) is 5.92 Å². The van der Waals surface area contributed by atoms with Gasteiger partial charge in [0.05, 0.1) is 18.9 Å². The van der Waals surface area contributed by atoms with Gasteiger partial charge in [-0.2, -0.15) is 0 Å². The van der Waals surface area contributed by atoms with E-state index in [1.807, 2.05) is 6.20 Å². The number of ether oxygens (including phenoxy) is 2. The SMILES string of the molecule is c1cnc(C23CCC4(CC2C3)OCCO4)cn1. The number of aromatic nitrogens is 2. The molecule has 2 aliphatic carbocycles. The molecule has 0 aromatic carbocycles. The molecular weight excluding hydrogens is 216 g/mol. The molecule has 4 rings (SSSR count). The van der Waals surface area contributed by atoms with Crippen molar-refractivity contribution in [1.29, 1.82) is 0 Å². The summed E-state index contributed by atoms with van der Waals surface area (Å²) in [6, 6.07) is 0. The van der Waals surface area contributed by atoms with E-state index >= 15 is 0 Å². The van der Waals surface area contributed by atoms with E-state index < -0.39 is 0 Å². The van der Waals surface area contributed by atoms with Gasteiger partial charge in [-0.05, 0) is 18.8 Å². The van der Waals surface area contributed by atoms with E-state index in [0.29, 0.717) is 5.92 Å². The summed E-state index contributed by atoms with van der Waals surface area (Å²) in [5.41, 5.74) is 1.45. The fraction of sp³-hybridized carbons (Fsp3) is 0.692. The highest BCUT2D eigenvalue weighted by Gasteiger charge is 2.63. The van der Waals surface area contributed by atoms with Crippen LogP contribution in [0.15, 0.2) is 18.6 Å². The first-order valence-electron chi connectivity index (χ1n) is 6.38. The third-order valence-corrected chi connectivity index (χ3v) is 4.63. The van der Waals surface area contributed by atoms with Crippen LogP contribution in [0.25, 0.3) is 0 Å². The van der Waals surface area contributed by atoms with E-state index in [2.05, 4.69) is 9.97 Å². The van der Waals surface area contributed by atoms with Gasteiger partial charge in [-0.25, -0.2) is 0 Å². The molecule has 2 unspecified atom stereocenters. The van der Waals surface area contributed by atoms with Gasteiger partial charge in [-0.3, -0.25) is 9.97 Å². The summed E-state index contributed by atoms with van der Waals surface area (Å²) in [5, 5.41) is 0. The van der Waals surface area contributed by atoms with Crippen molar-refractivity contribution in [2.75, 3.05) is 13.2 Å². The van der Waals surface area contributed by atoms with E-state index in [1.165, 1.54) is 6.42 Å². The fourth-order valence-electron chi connectivity index (χ4n) is 3.60. The Labute approximate surface area is 100 Å². The summed E-state index contributed by atoms with van der Waals surface area (Å²) in [4.78, 5) is 8.68. The van der Waals surface area contributed by atoms with Crippen molar-refractivity contribution in [2.24, 2.45) is 5.92 Å². The molecule has 1 aromatic rings. The Kier molecular flexibility index (Phi) is 1.92. The van der Waals surface area contributed by atoms with Crippen LogP contribution >= 0.6 is 0 Å². The Balaban J connectivity index is 1.58. The first kappa shape index (κ1) is 9.97. The van der Waals surface area contributed by atoms with Crippen molar-refractivity contribution >= 4 is 0 Å². The van der Waals surface area contributed by atoms with Crippen LogP contribution in [0.3, 0.4) is 0 Å². The highest BCUT2D eigenvalue weighted by Crippen LogP contribution is 2.64. The van der Waals surface area contributed by atoms with Crippen LogP contribution in [0.1, 0.15) is 31.4 Å². The van der Waals surface area contributed by atoms with Gasteiger partial charge in [0.25, 0.3) is 0 Å². The van der Waals surface area contributed by atoms with Crippen LogP contribution in [0.4, 0.5) is 0 Å². The molecular formula is C13H16N2O2. The van der Waals surface area contributed by atoms with Crippen molar-refractivity contribution in [2.45, 2.75) is 36.9 Å². The molecule has 1 aliphatic heterocycles. The molecule has 4 nitrogen and oxygen atoms in total. The number of hydrogen-bond donors (Lipinski definition) is 0. The van der Waals surface area contributed by atoms with Gasteiger partial charge >= 0.3 is 0 Å². The Hall–Kier alpha value is -1.00. The topological polar surface area (TPSA) is 44.2 Å². The van der Waals surface area contributed by atoms with Gasteiger partial charge in [0.1, 0.15) is 0 Å². The lowest BCUT2D eigenvalue weighted by Crippen LogP contribution is -2.37. The Morgan fingerprint density at radius 2 is 2.00 bits per heavy atom. The third-order valence-electron chi connectivity index (χ3n) is 4.63. The largest absolute Gasteiger partial charge is 0.348 e. The van der Waals surface area contributed by atoms with Gasteiger partial charge in [0, 0.05) is 36.8 Å². The average molecular weight is 232 g/mol. The fourth-order valence-corrected chi connectivity index (χ4v) is 3.60. The predicted octanol–water partition coefficient (Wildman–Crippen LogP) is 1.66. The lowest BCUT2D eigenvalue weighted by Gasteiger charge is -2.34. The molecule has 0 amide bonds. The summed E-state index contributed by atoms with van der Waals surface area (Å²) < 4.78 is 11.6. The molecule has 1 aromatic heterocycles. The molecule has 2 atom stereocenters. The molecule has 1 saturated heterocycles. The molecule has 3 aliphatic rings. The first-order valence-corrected chi connectivity index (χ1v) is 6.38. The maximum absolute atomic E-state index is 5.80. The smallest absolute Gasteiger partial charge is 0.168 e. The zero-order chi connectivity index (χ0) is 11.3. The molecule has 0 radical (unpaired) electrons. The molecule has 1 spiro atoms. The van der Waals surface area contributed by atoms with Crippen molar-refractivity contribution in [3.63, 3.8) is 0 Å². The summed E-state index contributed by atoms with van der Waals surface area (Å²) in [6.07, 6.45) is 9.84. The second kappa shape index (κ2) is 3.27. The van der Waals surface area contributed by atoms with E-state index in [-0.39, 0.29) is 11.2 Å². The van der Waals surface area contributed by atoms with Crippen LogP contribution in [0.2, 0.25) is 0 Å². The van der Waals surface area contributed by atoms with E-state index in [4.69, 9.17) is 9.47 Å². The maximum Gasteiger partial charge on any atom is 0.168 e. The Morgan fingerprint density at radius 3 is 2.71 bits per heavy atom. The average Bonchev–Trinajstić information content (AvgIpc) is 2.94. The van der Waals surface area contributed by atoms with Crippen LogP contribution < -0.4 is 0 Å². The third kappa shape index (κ3) is 1.37. The minimum absolute atomic E-state index is 0.257. The van der Waals surface area contributed by atoms with Gasteiger partial charge < -0.3 is 9.47 Å². The van der Waals surface area contributed by atoms with Crippen LogP contribution in [-0.2, 0) is 14.9 Å². The second-order valence-electron chi connectivity index (χ2n) is 5.46. The lowest BCUT2D eigenvalue weighted by atomic mass is 9.82. The van der Waals surface area contributed by atoms with Gasteiger partial charge in [0.2, 0.25) is 0 Å². The summed E-state index contributed by atoms with van der Waals surface area (Å²) >= 11 is 0. The molecule has 17 heavy (non-hydrogen) atoms. The first-order chi connectivity index (χ1) is 8.33. The molecule has 0 bridgehead atoms. The highest BCUT2D eigenvalue weighted by molar-refractivity contribution is 5.28. The molecule has 90 valence electrons. The van der Waals surface area contributed by atoms with Crippen molar-refractivity contribution < 1.29 is 9.47 Å². The van der Waals surface area contributed by atoms with Crippen molar-refractivity contribution in [3.8, 4) is 0 Å². The number of fused-ring (bicyclic) bond motifs is 1. The van der Waals surface area contributed by atoms with Gasteiger partial charge in [-0.15, -0.1) is 0 Å². The van der Waals surface area contributed by atoms with Crippen LogP contribution in [-0.4, -0.2) is 29.0 Å². The highest BCUT2D eigenvalue weighted by atomic mass is 16.7.